The fourth-order valence-electron chi connectivity index (χ4n) is 8.65. The van der Waals surface area contributed by atoms with Gasteiger partial charge in [-0.15, -0.1) is 0 Å². The third-order valence-corrected chi connectivity index (χ3v) is 30.8. The molecule has 4 nitrogen and oxygen atoms in total. The Balaban J connectivity index is 1.45. The summed E-state index contributed by atoms with van der Waals surface area (Å²) in [5, 5.41) is 0. The number of urea groups is 1. The van der Waals surface area contributed by atoms with Crippen LogP contribution in [0.1, 0.15) is 102 Å². The minimum absolute atomic E-state index is 0.317. The molecule has 0 atom stereocenters. The molecule has 0 aromatic heterocycles. The van der Waals surface area contributed by atoms with E-state index in [1.165, 1.54) is 106 Å². The summed E-state index contributed by atoms with van der Waals surface area (Å²) >= 11 is -2.77. The van der Waals surface area contributed by atoms with Crippen molar-refractivity contribution in [3.8, 4) is 0 Å². The van der Waals surface area contributed by atoms with Gasteiger partial charge in [0.05, 0.1) is 0 Å². The van der Waals surface area contributed by atoms with Gasteiger partial charge < -0.3 is 0 Å². The van der Waals surface area contributed by atoms with Crippen LogP contribution in [-0.2, 0) is 6.54 Å². The van der Waals surface area contributed by atoms with Gasteiger partial charge in [-0.05, 0) is 0 Å². The number of benzene rings is 1. The number of hydrogen-bond donors (Lipinski definition) is 0. The first-order chi connectivity index (χ1) is 17.2. The Labute approximate surface area is 218 Å². The molecule has 1 heterocycles. The Morgan fingerprint density at radius 3 is 1.69 bits per heavy atom. The van der Waals surface area contributed by atoms with Crippen molar-refractivity contribution in [2.24, 2.45) is 0 Å². The molecule has 1 aromatic rings. The summed E-state index contributed by atoms with van der Waals surface area (Å²) in [6.45, 7) is 2.53. The van der Waals surface area contributed by atoms with Crippen LogP contribution in [0.2, 0.25) is 11.8 Å². The monoisotopic (exact) mass is 587 g/mol. The quantitative estimate of drug-likeness (QED) is 0.306. The molecule has 2 amide bonds. The van der Waals surface area contributed by atoms with E-state index in [4.69, 9.17) is 0 Å². The van der Waals surface area contributed by atoms with Gasteiger partial charge in [-0.3, -0.25) is 0 Å². The fourth-order valence-corrected chi connectivity index (χ4v) is 31.8. The SMILES string of the molecule is CN1CN(Cc2ccccc2)CN([CH2][Sn]([CH]2CCCCC2)([CH]2CCCCC2)[CH]2CCCCC2)C1=O. The molecule has 3 saturated carbocycles. The molecule has 35 heavy (non-hydrogen) atoms. The number of amides is 2. The van der Waals surface area contributed by atoms with Crippen LogP contribution in [0, 0.1) is 0 Å². The van der Waals surface area contributed by atoms with Gasteiger partial charge in [0.1, 0.15) is 0 Å². The molecule has 1 aliphatic heterocycles. The first kappa shape index (κ1) is 25.9. The third kappa shape index (κ3) is 5.89. The van der Waals surface area contributed by atoms with Gasteiger partial charge in [0, 0.05) is 0 Å². The van der Waals surface area contributed by atoms with E-state index in [0.29, 0.717) is 6.03 Å². The molecule has 5 heteroatoms. The summed E-state index contributed by atoms with van der Waals surface area (Å²) in [5.74, 6) is 0. The van der Waals surface area contributed by atoms with Crippen LogP contribution < -0.4 is 0 Å². The summed E-state index contributed by atoms with van der Waals surface area (Å²) in [5.41, 5.74) is 1.36. The second kappa shape index (κ2) is 12.2. The summed E-state index contributed by atoms with van der Waals surface area (Å²) in [4.78, 5) is 20.6. The topological polar surface area (TPSA) is 26.8 Å². The van der Waals surface area contributed by atoms with Gasteiger partial charge in [-0.1, -0.05) is 0 Å². The first-order valence-corrected chi connectivity index (χ1v) is 21.9. The van der Waals surface area contributed by atoms with E-state index in [2.05, 4.69) is 40.1 Å². The van der Waals surface area contributed by atoms with E-state index in [-0.39, 0.29) is 0 Å². The number of rotatable bonds is 7. The summed E-state index contributed by atoms with van der Waals surface area (Å²) in [6, 6.07) is 11.2. The second-order valence-electron chi connectivity index (χ2n) is 12.4. The van der Waals surface area contributed by atoms with E-state index in [9.17, 15) is 4.79 Å². The van der Waals surface area contributed by atoms with E-state index in [0.717, 1.165) is 31.7 Å². The third-order valence-electron chi connectivity index (χ3n) is 10.2. The Kier molecular flexibility index (Phi) is 9.02. The normalized spacial score (nSPS) is 24.8. The van der Waals surface area contributed by atoms with Crippen LogP contribution in [0.3, 0.4) is 0 Å². The molecule has 4 fully saturated rings. The van der Waals surface area contributed by atoms with Crippen molar-refractivity contribution in [2.75, 3.05) is 24.9 Å². The number of carbonyl (C=O) groups excluding carboxylic acids is 1. The molecular formula is C30H49N3OSn. The molecule has 1 aromatic carbocycles. The van der Waals surface area contributed by atoms with Gasteiger partial charge in [0.2, 0.25) is 0 Å². The molecule has 1 saturated heterocycles. The Morgan fingerprint density at radius 1 is 0.714 bits per heavy atom. The van der Waals surface area contributed by atoms with Crippen molar-refractivity contribution in [1.29, 1.82) is 0 Å². The van der Waals surface area contributed by atoms with E-state index < -0.39 is 18.4 Å². The first-order valence-electron chi connectivity index (χ1n) is 14.9. The number of carbonyl (C=O) groups is 1. The summed E-state index contributed by atoms with van der Waals surface area (Å²) < 4.78 is 4.27. The van der Waals surface area contributed by atoms with Crippen LogP contribution >= 0.6 is 0 Å². The van der Waals surface area contributed by atoms with Crippen molar-refractivity contribution in [3.05, 3.63) is 35.9 Å². The van der Waals surface area contributed by atoms with E-state index in [1.807, 2.05) is 11.9 Å². The molecule has 0 spiro atoms. The Hall–Kier alpha value is -0.751. The number of nitrogens with zero attached hydrogens (tertiary/aromatic N) is 3. The van der Waals surface area contributed by atoms with Crippen LogP contribution in [-0.4, -0.2) is 64.1 Å². The summed E-state index contributed by atoms with van der Waals surface area (Å²) in [6.07, 6.45) is 22.0. The maximum absolute atomic E-state index is 13.7. The predicted molar refractivity (Wildman–Crippen MR) is 148 cm³/mol. The molecule has 3 aliphatic carbocycles. The molecule has 194 valence electrons. The molecule has 0 bridgehead atoms. The minimum atomic E-state index is -2.77. The van der Waals surface area contributed by atoms with Gasteiger partial charge in [0.15, 0.2) is 0 Å². The van der Waals surface area contributed by atoms with Crippen molar-refractivity contribution in [1.82, 2.24) is 14.7 Å². The van der Waals surface area contributed by atoms with Crippen LogP contribution in [0.25, 0.3) is 0 Å². The average molecular weight is 586 g/mol. The zero-order valence-electron chi connectivity index (χ0n) is 22.3. The van der Waals surface area contributed by atoms with Crippen molar-refractivity contribution >= 4 is 24.4 Å². The van der Waals surface area contributed by atoms with Crippen LogP contribution in [0.4, 0.5) is 4.79 Å². The van der Waals surface area contributed by atoms with E-state index >= 15 is 0 Å². The molecule has 0 unspecified atom stereocenters. The Morgan fingerprint density at radius 2 is 1.20 bits per heavy atom. The van der Waals surface area contributed by atoms with E-state index in [1.54, 1.807) is 0 Å². The van der Waals surface area contributed by atoms with Gasteiger partial charge in [-0.2, -0.15) is 0 Å². The Bertz CT molecular complexity index is 754. The van der Waals surface area contributed by atoms with Crippen molar-refractivity contribution in [3.63, 3.8) is 0 Å². The zero-order chi connectivity index (χ0) is 24.1. The van der Waals surface area contributed by atoms with Crippen molar-refractivity contribution < 1.29 is 4.79 Å². The molecule has 5 rings (SSSR count). The zero-order valence-corrected chi connectivity index (χ0v) is 25.2. The average Bonchev–Trinajstić information content (AvgIpc) is 2.92. The van der Waals surface area contributed by atoms with Crippen LogP contribution in [0.15, 0.2) is 30.3 Å². The molecule has 0 radical (unpaired) electrons. The molecular weight excluding hydrogens is 537 g/mol. The van der Waals surface area contributed by atoms with Crippen molar-refractivity contribution in [2.45, 2.75) is 115 Å². The van der Waals surface area contributed by atoms with Crippen LogP contribution in [0.5, 0.6) is 0 Å². The van der Waals surface area contributed by atoms with Gasteiger partial charge in [0.25, 0.3) is 0 Å². The molecule has 4 aliphatic rings. The maximum atomic E-state index is 13.7. The van der Waals surface area contributed by atoms with Gasteiger partial charge >= 0.3 is 219 Å². The standard InChI is InChI=1S/C12H16N3O.3C6H11.Sn/c1-13-9-15(10-14(2)12(13)16)8-11-6-4-3-5-7-11;3*1-2-4-6-5-3-1;/h3-7H,1,8-10H2,2H3;3*1H,2-6H2;. The number of hydrogen-bond acceptors (Lipinski definition) is 2. The predicted octanol–water partition coefficient (Wildman–Crippen LogP) is 7.76. The fraction of sp³-hybridized carbons (Fsp3) is 0.767. The summed E-state index contributed by atoms with van der Waals surface area (Å²) in [7, 11) is 2.03. The molecule has 0 N–H and O–H groups in total. The second-order valence-corrected chi connectivity index (χ2v) is 26.6. The van der Waals surface area contributed by atoms with Gasteiger partial charge in [-0.25, -0.2) is 0 Å².